The molecule has 0 bridgehead atoms. The van der Waals surface area contributed by atoms with Crippen LogP contribution in [0.3, 0.4) is 0 Å². The molecule has 0 aliphatic rings. The number of nitrogens with two attached hydrogens (primary N) is 1. The van der Waals surface area contributed by atoms with E-state index in [2.05, 4.69) is 5.32 Å². The lowest BCUT2D eigenvalue weighted by molar-refractivity contribution is -0.122. The number of anilines is 1. The monoisotopic (exact) mass is 194 g/mol. The minimum atomic E-state index is -0.162. The third kappa shape index (κ3) is 2.97. The van der Waals surface area contributed by atoms with Gasteiger partial charge in [-0.15, -0.1) is 0 Å². The van der Waals surface area contributed by atoms with E-state index in [4.69, 9.17) is 10.5 Å². The molecule has 0 saturated heterocycles. The Morgan fingerprint density at radius 2 is 2.21 bits per heavy atom. The van der Waals surface area contributed by atoms with Gasteiger partial charge in [-0.1, -0.05) is 0 Å². The van der Waals surface area contributed by atoms with Gasteiger partial charge in [0.25, 0.3) is 5.91 Å². The van der Waals surface area contributed by atoms with Crippen molar-refractivity contribution in [1.82, 2.24) is 5.32 Å². The number of hydrogen-bond donors (Lipinski definition) is 2. The summed E-state index contributed by atoms with van der Waals surface area (Å²) in [7, 11) is 1.57. The molecule has 1 amide bonds. The summed E-state index contributed by atoms with van der Waals surface area (Å²) in [6.07, 6.45) is 0. The Morgan fingerprint density at radius 1 is 1.50 bits per heavy atom. The fourth-order valence-corrected chi connectivity index (χ4v) is 1.08. The fourth-order valence-electron chi connectivity index (χ4n) is 1.08. The molecule has 76 valence electrons. The van der Waals surface area contributed by atoms with Crippen molar-refractivity contribution in [1.29, 1.82) is 0 Å². The first kappa shape index (κ1) is 10.4. The van der Waals surface area contributed by atoms with Crippen LogP contribution in [0.5, 0.6) is 5.75 Å². The van der Waals surface area contributed by atoms with Crippen LogP contribution < -0.4 is 15.8 Å². The minimum absolute atomic E-state index is 0.0133. The van der Waals surface area contributed by atoms with Gasteiger partial charge < -0.3 is 15.8 Å². The van der Waals surface area contributed by atoms with E-state index in [0.29, 0.717) is 11.4 Å². The summed E-state index contributed by atoms with van der Waals surface area (Å²) in [6.45, 7) is 1.93. The smallest absolute Gasteiger partial charge is 0.257 e. The largest absolute Gasteiger partial charge is 0.484 e. The average Bonchev–Trinajstić information content (AvgIpc) is 2.12. The van der Waals surface area contributed by atoms with Crippen molar-refractivity contribution in [2.45, 2.75) is 6.92 Å². The first-order chi connectivity index (χ1) is 6.61. The molecule has 0 heterocycles. The Labute approximate surface area is 83.1 Å². The first-order valence-corrected chi connectivity index (χ1v) is 4.32. The number of nitrogen functional groups attached to an aromatic ring is 1. The lowest BCUT2D eigenvalue weighted by atomic mass is 10.2. The molecule has 4 nitrogen and oxygen atoms in total. The van der Waals surface area contributed by atoms with Gasteiger partial charge in [0.05, 0.1) is 0 Å². The van der Waals surface area contributed by atoms with E-state index in [1.165, 1.54) is 0 Å². The van der Waals surface area contributed by atoms with Crippen molar-refractivity contribution in [3.63, 3.8) is 0 Å². The molecule has 1 rings (SSSR count). The zero-order valence-electron chi connectivity index (χ0n) is 8.33. The molecule has 0 radical (unpaired) electrons. The molecule has 0 aromatic heterocycles. The van der Waals surface area contributed by atoms with Crippen LogP contribution in [0.25, 0.3) is 0 Å². The standard InChI is InChI=1S/C10H14N2O2/c1-7-3-8(11)5-9(4-7)14-6-10(13)12-2/h3-5H,6,11H2,1-2H3,(H,12,13). The molecule has 1 aromatic carbocycles. The number of aryl methyl sites for hydroxylation is 1. The second kappa shape index (κ2) is 4.50. The predicted molar refractivity (Wildman–Crippen MR) is 55.2 cm³/mol. The van der Waals surface area contributed by atoms with Gasteiger partial charge in [0, 0.05) is 18.8 Å². The van der Waals surface area contributed by atoms with Gasteiger partial charge >= 0.3 is 0 Å². The molecule has 1 aromatic rings. The third-order valence-electron chi connectivity index (χ3n) is 1.72. The van der Waals surface area contributed by atoms with E-state index in [1.54, 1.807) is 13.1 Å². The molecule has 4 heteroatoms. The van der Waals surface area contributed by atoms with Crippen LogP contribution in [0.2, 0.25) is 0 Å². The number of carbonyl (C=O) groups excluding carboxylic acids is 1. The summed E-state index contributed by atoms with van der Waals surface area (Å²) >= 11 is 0. The average molecular weight is 194 g/mol. The van der Waals surface area contributed by atoms with Crippen LogP contribution >= 0.6 is 0 Å². The van der Waals surface area contributed by atoms with E-state index in [9.17, 15) is 4.79 Å². The molecule has 14 heavy (non-hydrogen) atoms. The second-order valence-electron chi connectivity index (χ2n) is 3.04. The van der Waals surface area contributed by atoms with E-state index < -0.39 is 0 Å². The summed E-state index contributed by atoms with van der Waals surface area (Å²) in [4.78, 5) is 10.9. The van der Waals surface area contributed by atoms with Gasteiger partial charge in [0.2, 0.25) is 0 Å². The summed E-state index contributed by atoms with van der Waals surface area (Å²) < 4.78 is 5.23. The number of amides is 1. The Morgan fingerprint density at radius 3 is 2.79 bits per heavy atom. The summed E-state index contributed by atoms with van der Waals surface area (Å²) in [6, 6.07) is 5.36. The SMILES string of the molecule is CNC(=O)COc1cc(C)cc(N)c1. The molecular formula is C10H14N2O2. The summed E-state index contributed by atoms with van der Waals surface area (Å²) in [5.41, 5.74) is 7.26. The van der Waals surface area contributed by atoms with Gasteiger partial charge in [0.15, 0.2) is 6.61 Å². The number of benzene rings is 1. The van der Waals surface area contributed by atoms with Crippen LogP contribution in [0.15, 0.2) is 18.2 Å². The Balaban J connectivity index is 2.63. The number of hydrogen-bond acceptors (Lipinski definition) is 3. The van der Waals surface area contributed by atoms with Crippen molar-refractivity contribution in [2.24, 2.45) is 0 Å². The third-order valence-corrected chi connectivity index (χ3v) is 1.72. The highest BCUT2D eigenvalue weighted by Gasteiger charge is 2.00. The van der Waals surface area contributed by atoms with Gasteiger partial charge in [-0.05, 0) is 24.6 Å². The van der Waals surface area contributed by atoms with E-state index >= 15 is 0 Å². The molecule has 0 unspecified atom stereocenters. The minimum Gasteiger partial charge on any atom is -0.484 e. The van der Waals surface area contributed by atoms with Crippen LogP contribution in [-0.2, 0) is 4.79 Å². The second-order valence-corrected chi connectivity index (χ2v) is 3.04. The van der Waals surface area contributed by atoms with E-state index in [-0.39, 0.29) is 12.5 Å². The number of likely N-dealkylation sites (N-methyl/N-ethyl adjacent to an activating group) is 1. The molecule has 0 fully saturated rings. The van der Waals surface area contributed by atoms with E-state index in [1.807, 2.05) is 19.1 Å². The van der Waals surface area contributed by atoms with Crippen LogP contribution in [0.4, 0.5) is 5.69 Å². The van der Waals surface area contributed by atoms with Crippen molar-refractivity contribution in [3.8, 4) is 5.75 Å². The fraction of sp³-hybridized carbons (Fsp3) is 0.300. The molecule has 3 N–H and O–H groups in total. The Bertz CT molecular complexity index is 317. The highest BCUT2D eigenvalue weighted by molar-refractivity contribution is 5.77. The van der Waals surface area contributed by atoms with Crippen LogP contribution in [-0.4, -0.2) is 19.6 Å². The number of carbonyl (C=O) groups is 1. The topological polar surface area (TPSA) is 64.3 Å². The highest BCUT2D eigenvalue weighted by atomic mass is 16.5. The van der Waals surface area contributed by atoms with Crippen molar-refractivity contribution < 1.29 is 9.53 Å². The van der Waals surface area contributed by atoms with Crippen molar-refractivity contribution >= 4 is 11.6 Å². The lowest BCUT2D eigenvalue weighted by Crippen LogP contribution is -2.24. The Hall–Kier alpha value is -1.71. The summed E-state index contributed by atoms with van der Waals surface area (Å²) in [5.74, 6) is 0.455. The number of ether oxygens (including phenoxy) is 1. The number of rotatable bonds is 3. The molecule has 0 saturated carbocycles. The predicted octanol–water partition coefficient (Wildman–Crippen LogP) is 0.702. The zero-order chi connectivity index (χ0) is 10.6. The van der Waals surface area contributed by atoms with Crippen molar-refractivity contribution in [3.05, 3.63) is 23.8 Å². The Kier molecular flexibility index (Phi) is 3.34. The molecule has 0 aliphatic heterocycles. The first-order valence-electron chi connectivity index (χ1n) is 4.32. The van der Waals surface area contributed by atoms with Crippen LogP contribution in [0.1, 0.15) is 5.56 Å². The van der Waals surface area contributed by atoms with Gasteiger partial charge in [-0.2, -0.15) is 0 Å². The normalized spacial score (nSPS) is 9.57. The maximum atomic E-state index is 10.9. The zero-order valence-corrected chi connectivity index (χ0v) is 8.33. The van der Waals surface area contributed by atoms with Gasteiger partial charge in [0.1, 0.15) is 5.75 Å². The summed E-state index contributed by atoms with van der Waals surface area (Å²) in [5, 5.41) is 2.47. The van der Waals surface area contributed by atoms with Gasteiger partial charge in [-0.3, -0.25) is 4.79 Å². The molecular weight excluding hydrogens is 180 g/mol. The quantitative estimate of drug-likeness (QED) is 0.696. The number of nitrogens with one attached hydrogen (secondary N) is 1. The molecule has 0 aliphatic carbocycles. The lowest BCUT2D eigenvalue weighted by Gasteiger charge is -2.06. The van der Waals surface area contributed by atoms with Gasteiger partial charge in [-0.25, -0.2) is 0 Å². The molecule has 0 atom stereocenters. The maximum absolute atomic E-state index is 10.9. The van der Waals surface area contributed by atoms with E-state index in [0.717, 1.165) is 5.56 Å². The highest BCUT2D eigenvalue weighted by Crippen LogP contribution is 2.17. The van der Waals surface area contributed by atoms with Crippen LogP contribution in [0, 0.1) is 6.92 Å². The maximum Gasteiger partial charge on any atom is 0.257 e. The van der Waals surface area contributed by atoms with Crippen molar-refractivity contribution in [2.75, 3.05) is 19.4 Å². The molecule has 0 spiro atoms.